The van der Waals surface area contributed by atoms with Gasteiger partial charge in [-0.05, 0) is 48.1 Å². The summed E-state index contributed by atoms with van der Waals surface area (Å²) in [5.74, 6) is 2.46. The number of pyridine rings is 1. The molecule has 2 unspecified atom stereocenters. The summed E-state index contributed by atoms with van der Waals surface area (Å²) >= 11 is 5.54. The van der Waals surface area contributed by atoms with E-state index in [4.69, 9.17) is 0 Å². The quantitative estimate of drug-likeness (QED) is 0.914. The lowest BCUT2D eigenvalue weighted by molar-refractivity contribution is 0.219. The van der Waals surface area contributed by atoms with Crippen molar-refractivity contribution >= 4 is 27.7 Å². The maximum absolute atomic E-state index is 4.24. The molecule has 0 bridgehead atoms. The van der Waals surface area contributed by atoms with Gasteiger partial charge >= 0.3 is 0 Å². The van der Waals surface area contributed by atoms with Crippen LogP contribution in [0.5, 0.6) is 0 Å². The molecule has 0 saturated carbocycles. The van der Waals surface area contributed by atoms with Crippen molar-refractivity contribution in [3.8, 4) is 0 Å². The largest absolute Gasteiger partial charge is 0.315 e. The molecule has 0 spiro atoms. The summed E-state index contributed by atoms with van der Waals surface area (Å²) in [5, 5.41) is 3.47. The molecule has 2 rings (SSSR count). The third-order valence-electron chi connectivity index (χ3n) is 3.50. The van der Waals surface area contributed by atoms with Crippen molar-refractivity contribution < 1.29 is 0 Å². The number of nitrogens with zero attached hydrogens (tertiary/aromatic N) is 2. The summed E-state index contributed by atoms with van der Waals surface area (Å²) in [6, 6.07) is 3.25. The molecule has 0 radical (unpaired) electrons. The van der Waals surface area contributed by atoms with Crippen LogP contribution in [0.1, 0.15) is 5.56 Å². The summed E-state index contributed by atoms with van der Waals surface area (Å²) in [6.45, 7) is 1.18. The highest BCUT2D eigenvalue weighted by Crippen LogP contribution is 2.20. The third-order valence-corrected chi connectivity index (χ3v) is 4.98. The third kappa shape index (κ3) is 3.70. The lowest BCUT2D eigenvalue weighted by atomic mass is 10.0. The SMILES string of the molecule is CNC(Cc1cncc(Br)c1)C1CSCCN1C. The van der Waals surface area contributed by atoms with Crippen LogP contribution < -0.4 is 5.32 Å². The van der Waals surface area contributed by atoms with Crippen molar-refractivity contribution in [1.82, 2.24) is 15.2 Å². The molecular formula is C13H20BrN3S. The summed E-state index contributed by atoms with van der Waals surface area (Å²) in [5.41, 5.74) is 1.28. The van der Waals surface area contributed by atoms with E-state index in [1.54, 1.807) is 0 Å². The van der Waals surface area contributed by atoms with Crippen molar-refractivity contribution in [3.05, 3.63) is 28.5 Å². The van der Waals surface area contributed by atoms with E-state index >= 15 is 0 Å². The summed E-state index contributed by atoms with van der Waals surface area (Å²) in [4.78, 5) is 6.72. The molecular weight excluding hydrogens is 310 g/mol. The lowest BCUT2D eigenvalue weighted by Crippen LogP contribution is -2.52. The number of hydrogen-bond acceptors (Lipinski definition) is 4. The molecule has 18 heavy (non-hydrogen) atoms. The van der Waals surface area contributed by atoms with Crippen LogP contribution in [-0.4, -0.2) is 54.1 Å². The monoisotopic (exact) mass is 329 g/mol. The van der Waals surface area contributed by atoms with Gasteiger partial charge in [0.1, 0.15) is 0 Å². The van der Waals surface area contributed by atoms with Gasteiger partial charge in [0.05, 0.1) is 0 Å². The Balaban J connectivity index is 2.04. The molecule has 0 aliphatic carbocycles. The Kier molecular flexibility index (Phi) is 5.48. The van der Waals surface area contributed by atoms with Crippen molar-refractivity contribution in [1.29, 1.82) is 0 Å². The van der Waals surface area contributed by atoms with E-state index in [1.807, 2.05) is 12.4 Å². The predicted molar refractivity (Wildman–Crippen MR) is 82.2 cm³/mol. The van der Waals surface area contributed by atoms with E-state index in [-0.39, 0.29) is 0 Å². The van der Waals surface area contributed by atoms with Crippen LogP contribution in [0.15, 0.2) is 22.9 Å². The number of halogens is 1. The number of aromatic nitrogens is 1. The standard InChI is InChI=1S/C13H20BrN3S/c1-15-12(13-9-18-4-3-17(13)2)6-10-5-11(14)8-16-7-10/h5,7-8,12-13,15H,3-4,6,9H2,1-2H3. The Morgan fingerprint density at radius 1 is 1.61 bits per heavy atom. The maximum Gasteiger partial charge on any atom is 0.0410 e. The summed E-state index contributed by atoms with van der Waals surface area (Å²) in [7, 11) is 4.29. The lowest BCUT2D eigenvalue weighted by Gasteiger charge is -2.37. The van der Waals surface area contributed by atoms with Crippen molar-refractivity contribution in [3.63, 3.8) is 0 Å². The number of hydrogen-bond donors (Lipinski definition) is 1. The fourth-order valence-corrected chi connectivity index (χ4v) is 4.11. The Bertz CT molecular complexity index is 388. The van der Waals surface area contributed by atoms with Crippen LogP contribution in [0.4, 0.5) is 0 Å². The molecule has 1 fully saturated rings. The van der Waals surface area contributed by atoms with Crippen LogP contribution in [0.3, 0.4) is 0 Å². The van der Waals surface area contributed by atoms with E-state index in [9.17, 15) is 0 Å². The van der Waals surface area contributed by atoms with E-state index in [1.165, 1.54) is 23.6 Å². The first-order valence-electron chi connectivity index (χ1n) is 6.25. The molecule has 2 heterocycles. The first kappa shape index (κ1) is 14.3. The van der Waals surface area contributed by atoms with E-state index < -0.39 is 0 Å². The van der Waals surface area contributed by atoms with E-state index in [0.29, 0.717) is 12.1 Å². The minimum atomic E-state index is 0.485. The van der Waals surface area contributed by atoms with Crippen molar-refractivity contribution in [2.45, 2.75) is 18.5 Å². The highest BCUT2D eigenvalue weighted by molar-refractivity contribution is 9.10. The molecule has 1 saturated heterocycles. The second kappa shape index (κ2) is 6.89. The molecule has 5 heteroatoms. The summed E-state index contributed by atoms with van der Waals surface area (Å²) < 4.78 is 1.06. The molecule has 1 N–H and O–H groups in total. The Morgan fingerprint density at radius 3 is 3.11 bits per heavy atom. The molecule has 1 aromatic rings. The van der Waals surface area contributed by atoms with Crippen LogP contribution >= 0.6 is 27.7 Å². The van der Waals surface area contributed by atoms with Gasteiger partial charge in [-0.15, -0.1) is 0 Å². The van der Waals surface area contributed by atoms with Gasteiger partial charge in [0.15, 0.2) is 0 Å². The zero-order chi connectivity index (χ0) is 13.0. The number of nitrogens with one attached hydrogen (secondary N) is 1. The molecule has 1 aromatic heterocycles. The van der Waals surface area contributed by atoms with Gasteiger partial charge in [0, 0.05) is 47.0 Å². The van der Waals surface area contributed by atoms with Gasteiger partial charge in [-0.1, -0.05) is 0 Å². The zero-order valence-electron chi connectivity index (χ0n) is 10.9. The minimum absolute atomic E-state index is 0.485. The van der Waals surface area contributed by atoms with Crippen LogP contribution in [0.25, 0.3) is 0 Å². The number of thioether (sulfide) groups is 1. The molecule has 0 amide bonds. The molecule has 1 aliphatic rings. The second-order valence-electron chi connectivity index (χ2n) is 4.73. The van der Waals surface area contributed by atoms with E-state index in [0.717, 1.165) is 10.9 Å². The first-order chi connectivity index (χ1) is 8.70. The molecule has 3 nitrogen and oxygen atoms in total. The Labute approximate surface area is 122 Å². The van der Waals surface area contributed by atoms with Crippen LogP contribution in [0.2, 0.25) is 0 Å². The highest BCUT2D eigenvalue weighted by Gasteiger charge is 2.27. The smallest absolute Gasteiger partial charge is 0.0410 e. The zero-order valence-corrected chi connectivity index (χ0v) is 13.3. The first-order valence-corrected chi connectivity index (χ1v) is 8.20. The van der Waals surface area contributed by atoms with Gasteiger partial charge in [-0.3, -0.25) is 4.98 Å². The molecule has 2 atom stereocenters. The second-order valence-corrected chi connectivity index (χ2v) is 6.80. The molecule has 0 aromatic carbocycles. The average Bonchev–Trinajstić information content (AvgIpc) is 2.37. The topological polar surface area (TPSA) is 28.2 Å². The fourth-order valence-electron chi connectivity index (χ4n) is 2.38. The minimum Gasteiger partial charge on any atom is -0.315 e. The van der Waals surface area contributed by atoms with Crippen molar-refractivity contribution in [2.75, 3.05) is 32.1 Å². The predicted octanol–water partition coefficient (Wildman–Crippen LogP) is 2.02. The van der Waals surface area contributed by atoms with Gasteiger partial charge < -0.3 is 10.2 Å². The number of rotatable bonds is 4. The van der Waals surface area contributed by atoms with Crippen LogP contribution in [0, 0.1) is 0 Å². The molecule has 100 valence electrons. The average molecular weight is 330 g/mol. The van der Waals surface area contributed by atoms with E-state index in [2.05, 4.69) is 63.1 Å². The van der Waals surface area contributed by atoms with Gasteiger partial charge in [0.25, 0.3) is 0 Å². The highest BCUT2D eigenvalue weighted by atomic mass is 79.9. The van der Waals surface area contributed by atoms with Gasteiger partial charge in [-0.25, -0.2) is 0 Å². The number of likely N-dealkylation sites (N-methyl/N-ethyl adjacent to an activating group) is 2. The van der Waals surface area contributed by atoms with Gasteiger partial charge in [0.2, 0.25) is 0 Å². The normalized spacial score (nSPS) is 22.9. The Hall–Kier alpha value is -0.100. The van der Waals surface area contributed by atoms with Crippen LogP contribution in [-0.2, 0) is 6.42 Å². The summed E-state index contributed by atoms with van der Waals surface area (Å²) in [6.07, 6.45) is 4.82. The Morgan fingerprint density at radius 2 is 2.44 bits per heavy atom. The fraction of sp³-hybridized carbons (Fsp3) is 0.615. The molecule has 1 aliphatic heterocycles. The van der Waals surface area contributed by atoms with Crippen molar-refractivity contribution in [2.24, 2.45) is 0 Å². The van der Waals surface area contributed by atoms with Gasteiger partial charge in [-0.2, -0.15) is 11.8 Å². The maximum atomic E-state index is 4.24.